The number of nitrogens with zero attached hydrogens (tertiary/aromatic N) is 2. The minimum absolute atomic E-state index is 0.0935. The van der Waals surface area contributed by atoms with Crippen LogP contribution in [0.15, 0.2) is 0 Å². The number of nitrogens with two attached hydrogens (primary N) is 1. The molecule has 1 aliphatic rings. The van der Waals surface area contributed by atoms with Gasteiger partial charge in [-0.25, -0.2) is 0 Å². The summed E-state index contributed by atoms with van der Waals surface area (Å²) < 4.78 is 0. The molecule has 0 aromatic carbocycles. The summed E-state index contributed by atoms with van der Waals surface area (Å²) in [5.41, 5.74) is 5.29. The molecule has 1 amide bonds. The molecule has 1 atom stereocenters. The molecule has 7 heteroatoms. The van der Waals surface area contributed by atoms with Gasteiger partial charge in [-0.1, -0.05) is 0 Å². The van der Waals surface area contributed by atoms with Crippen LogP contribution in [0.3, 0.4) is 0 Å². The summed E-state index contributed by atoms with van der Waals surface area (Å²) in [5.74, 6) is 2.11. The van der Waals surface area contributed by atoms with Crippen molar-refractivity contribution in [3.63, 3.8) is 0 Å². The monoisotopic (exact) mass is 213 g/mol. The van der Waals surface area contributed by atoms with Crippen LogP contribution >= 0.6 is 11.8 Å². The van der Waals surface area contributed by atoms with E-state index < -0.39 is 0 Å². The zero-order valence-corrected chi connectivity index (χ0v) is 8.30. The number of aromatic amines is 1. The lowest BCUT2D eigenvalue weighted by atomic mass is 10.2. The van der Waals surface area contributed by atoms with E-state index in [2.05, 4.69) is 20.5 Å². The number of rotatable bonds is 2. The number of hydrogen-bond acceptors (Lipinski definition) is 5. The highest BCUT2D eigenvalue weighted by atomic mass is 32.2. The van der Waals surface area contributed by atoms with Crippen molar-refractivity contribution in [2.45, 2.75) is 12.5 Å². The van der Waals surface area contributed by atoms with Crippen molar-refractivity contribution < 1.29 is 4.79 Å². The van der Waals surface area contributed by atoms with Gasteiger partial charge in [0.05, 0.1) is 0 Å². The second-order valence-electron chi connectivity index (χ2n) is 3.08. The van der Waals surface area contributed by atoms with E-state index in [-0.39, 0.29) is 23.7 Å². The van der Waals surface area contributed by atoms with Crippen molar-refractivity contribution in [3.8, 4) is 0 Å². The molecule has 1 aromatic heterocycles. The molecule has 0 aliphatic carbocycles. The molecule has 6 nitrogen and oxygen atoms in total. The van der Waals surface area contributed by atoms with Gasteiger partial charge in [-0.2, -0.15) is 16.7 Å². The number of nitrogen functional groups attached to an aromatic ring is 1. The van der Waals surface area contributed by atoms with Gasteiger partial charge in [-0.3, -0.25) is 9.89 Å². The van der Waals surface area contributed by atoms with E-state index in [0.717, 1.165) is 17.9 Å². The van der Waals surface area contributed by atoms with Gasteiger partial charge in [-0.05, 0) is 12.2 Å². The molecule has 1 unspecified atom stereocenters. The van der Waals surface area contributed by atoms with E-state index in [1.54, 1.807) is 0 Å². The second-order valence-corrected chi connectivity index (χ2v) is 4.23. The largest absolute Gasteiger partial charge is 0.366 e. The van der Waals surface area contributed by atoms with E-state index >= 15 is 0 Å². The van der Waals surface area contributed by atoms with Crippen LogP contribution in [-0.2, 0) is 0 Å². The summed E-state index contributed by atoms with van der Waals surface area (Å²) in [7, 11) is 0. The average Bonchev–Trinajstić information content (AvgIpc) is 2.75. The quantitative estimate of drug-likeness (QED) is 0.622. The Morgan fingerprint density at radius 1 is 1.71 bits per heavy atom. The Hall–Kier alpha value is -1.24. The van der Waals surface area contributed by atoms with E-state index in [0.29, 0.717) is 0 Å². The Labute approximate surface area is 85.0 Å². The lowest BCUT2D eigenvalue weighted by Gasteiger charge is -2.08. The Morgan fingerprint density at radius 3 is 3.14 bits per heavy atom. The summed E-state index contributed by atoms with van der Waals surface area (Å²) in [6, 6.07) is 0.249. The van der Waals surface area contributed by atoms with Gasteiger partial charge in [0.2, 0.25) is 11.8 Å². The molecule has 0 bridgehead atoms. The van der Waals surface area contributed by atoms with Crippen molar-refractivity contribution in [2.24, 2.45) is 0 Å². The molecular weight excluding hydrogens is 202 g/mol. The SMILES string of the molecule is Nc1n[nH]c(C(=O)NC2CCSC2)n1. The van der Waals surface area contributed by atoms with Gasteiger partial charge in [0.1, 0.15) is 0 Å². The van der Waals surface area contributed by atoms with Crippen LogP contribution in [0, 0.1) is 0 Å². The molecule has 4 N–H and O–H groups in total. The van der Waals surface area contributed by atoms with Crippen LogP contribution in [0.5, 0.6) is 0 Å². The number of hydrogen-bond donors (Lipinski definition) is 3. The number of anilines is 1. The fourth-order valence-electron chi connectivity index (χ4n) is 1.28. The van der Waals surface area contributed by atoms with Gasteiger partial charge >= 0.3 is 0 Å². The third kappa shape index (κ3) is 1.98. The molecule has 2 heterocycles. The van der Waals surface area contributed by atoms with Gasteiger partial charge < -0.3 is 11.1 Å². The predicted molar refractivity (Wildman–Crippen MR) is 54.0 cm³/mol. The first-order chi connectivity index (χ1) is 6.75. The molecular formula is C7H11N5OS. The first kappa shape index (κ1) is 9.32. The molecule has 76 valence electrons. The smallest absolute Gasteiger partial charge is 0.288 e. The number of H-pyrrole nitrogens is 1. The molecule has 2 rings (SSSR count). The van der Waals surface area contributed by atoms with Crippen LogP contribution in [0.25, 0.3) is 0 Å². The zero-order valence-electron chi connectivity index (χ0n) is 7.49. The number of aromatic nitrogens is 3. The third-order valence-electron chi connectivity index (χ3n) is 1.98. The van der Waals surface area contributed by atoms with Crippen LogP contribution in [0.2, 0.25) is 0 Å². The van der Waals surface area contributed by atoms with E-state index in [1.165, 1.54) is 0 Å². The number of nitrogens with one attached hydrogen (secondary N) is 2. The first-order valence-electron chi connectivity index (χ1n) is 4.32. The highest BCUT2D eigenvalue weighted by Crippen LogP contribution is 2.17. The highest BCUT2D eigenvalue weighted by molar-refractivity contribution is 7.99. The standard InChI is InChI=1S/C7H11N5OS/c8-7-10-5(11-12-7)6(13)9-4-1-2-14-3-4/h4H,1-3H2,(H,9,13)(H3,8,10,11,12). The molecule has 0 radical (unpaired) electrons. The van der Waals surface area contributed by atoms with Gasteiger partial charge in [0.15, 0.2) is 0 Å². The van der Waals surface area contributed by atoms with Crippen LogP contribution in [0.1, 0.15) is 17.0 Å². The predicted octanol–water partition coefficient (Wildman–Crippen LogP) is -0.378. The Morgan fingerprint density at radius 2 is 2.57 bits per heavy atom. The van der Waals surface area contributed by atoms with Crippen molar-refractivity contribution in [3.05, 3.63) is 5.82 Å². The number of thioether (sulfide) groups is 1. The lowest BCUT2D eigenvalue weighted by molar-refractivity contribution is 0.0931. The van der Waals surface area contributed by atoms with E-state index in [1.807, 2.05) is 11.8 Å². The number of carbonyl (C=O) groups is 1. The summed E-state index contributed by atoms with van der Waals surface area (Å²) in [4.78, 5) is 15.2. The molecule has 14 heavy (non-hydrogen) atoms. The molecule has 1 fully saturated rings. The zero-order chi connectivity index (χ0) is 9.97. The normalized spacial score (nSPS) is 21.0. The maximum atomic E-state index is 11.5. The van der Waals surface area contributed by atoms with Gasteiger partial charge in [0, 0.05) is 11.8 Å². The lowest BCUT2D eigenvalue weighted by Crippen LogP contribution is -2.35. The minimum Gasteiger partial charge on any atom is -0.366 e. The minimum atomic E-state index is -0.235. The number of amides is 1. The summed E-state index contributed by atoms with van der Waals surface area (Å²) in [5, 5.41) is 8.92. The Balaban J connectivity index is 1.95. The maximum Gasteiger partial charge on any atom is 0.288 e. The first-order valence-corrected chi connectivity index (χ1v) is 5.47. The van der Waals surface area contributed by atoms with Gasteiger partial charge in [0.25, 0.3) is 5.91 Å². The molecule has 1 saturated heterocycles. The number of carbonyl (C=O) groups excluding carboxylic acids is 1. The van der Waals surface area contributed by atoms with Crippen molar-refractivity contribution in [2.75, 3.05) is 17.2 Å². The van der Waals surface area contributed by atoms with Crippen LogP contribution in [-0.4, -0.2) is 38.6 Å². The van der Waals surface area contributed by atoms with E-state index in [4.69, 9.17) is 5.73 Å². The second kappa shape index (κ2) is 3.87. The Kier molecular flexibility index (Phi) is 2.58. The molecule has 0 spiro atoms. The fourth-order valence-corrected chi connectivity index (χ4v) is 2.43. The van der Waals surface area contributed by atoms with E-state index in [9.17, 15) is 4.79 Å². The average molecular weight is 213 g/mol. The van der Waals surface area contributed by atoms with Crippen molar-refractivity contribution in [1.29, 1.82) is 0 Å². The maximum absolute atomic E-state index is 11.5. The van der Waals surface area contributed by atoms with Gasteiger partial charge in [-0.15, -0.1) is 5.10 Å². The molecule has 1 aliphatic heterocycles. The fraction of sp³-hybridized carbons (Fsp3) is 0.571. The summed E-state index contributed by atoms with van der Waals surface area (Å²) in [6.45, 7) is 0. The summed E-state index contributed by atoms with van der Waals surface area (Å²) >= 11 is 1.84. The van der Waals surface area contributed by atoms with Crippen molar-refractivity contribution in [1.82, 2.24) is 20.5 Å². The highest BCUT2D eigenvalue weighted by Gasteiger charge is 2.19. The topological polar surface area (TPSA) is 96.7 Å². The molecule has 0 saturated carbocycles. The summed E-state index contributed by atoms with van der Waals surface area (Å²) in [6.07, 6.45) is 1.01. The van der Waals surface area contributed by atoms with Crippen LogP contribution < -0.4 is 11.1 Å². The molecule has 1 aromatic rings. The Bertz CT molecular complexity index is 333. The third-order valence-corrected chi connectivity index (χ3v) is 3.15. The van der Waals surface area contributed by atoms with Crippen LogP contribution in [0.4, 0.5) is 5.95 Å². The van der Waals surface area contributed by atoms with Crippen molar-refractivity contribution >= 4 is 23.6 Å².